The first-order valence-electron chi connectivity index (χ1n) is 12.5. The van der Waals surface area contributed by atoms with Crippen molar-refractivity contribution in [1.29, 1.82) is 0 Å². The Bertz CT molecular complexity index is 1370. The monoisotopic (exact) mass is 465 g/mol. The third-order valence-corrected chi connectivity index (χ3v) is 6.46. The van der Waals surface area contributed by atoms with Crippen molar-refractivity contribution in [3.05, 3.63) is 161 Å². The molecule has 0 saturated heterocycles. The standard InChI is InChI=1S/C35H31N/c1-27-13-19-33(20-14-27)36(34-21-15-28(2)16-22-34)35-23-17-30(18-24-35)26-32(31-11-7-4-8-12-31)25-29-9-5-3-6-10-29/h3-24,26H,25H2,1-2H3/b32-26+. The highest BCUT2D eigenvalue weighted by Crippen LogP contribution is 2.35. The number of allylic oxidation sites excluding steroid dienone is 1. The van der Waals surface area contributed by atoms with Crippen LogP contribution in [0.5, 0.6) is 0 Å². The van der Waals surface area contributed by atoms with Crippen molar-refractivity contribution >= 4 is 28.7 Å². The fraction of sp³-hybridized carbons (Fsp3) is 0.0857. The van der Waals surface area contributed by atoms with Crippen LogP contribution in [0.4, 0.5) is 17.1 Å². The second-order valence-corrected chi connectivity index (χ2v) is 9.30. The van der Waals surface area contributed by atoms with Crippen molar-refractivity contribution < 1.29 is 0 Å². The van der Waals surface area contributed by atoms with Crippen LogP contribution in [0.15, 0.2) is 133 Å². The molecule has 0 fully saturated rings. The number of hydrogen-bond donors (Lipinski definition) is 0. The van der Waals surface area contributed by atoms with Crippen LogP contribution in [-0.2, 0) is 6.42 Å². The number of aryl methyl sites for hydroxylation is 2. The molecule has 0 aliphatic carbocycles. The van der Waals surface area contributed by atoms with Gasteiger partial charge in [-0.05, 0) is 78.9 Å². The lowest BCUT2D eigenvalue weighted by Crippen LogP contribution is -2.09. The van der Waals surface area contributed by atoms with E-state index in [2.05, 4.69) is 158 Å². The highest BCUT2D eigenvalue weighted by atomic mass is 15.1. The molecule has 0 radical (unpaired) electrons. The van der Waals surface area contributed by atoms with Gasteiger partial charge < -0.3 is 4.90 Å². The average molecular weight is 466 g/mol. The van der Waals surface area contributed by atoms with Gasteiger partial charge in [-0.1, -0.05) is 114 Å². The van der Waals surface area contributed by atoms with E-state index < -0.39 is 0 Å². The molecule has 0 saturated carbocycles. The van der Waals surface area contributed by atoms with Gasteiger partial charge in [0, 0.05) is 17.1 Å². The molecule has 0 unspecified atom stereocenters. The van der Waals surface area contributed by atoms with Gasteiger partial charge >= 0.3 is 0 Å². The highest BCUT2D eigenvalue weighted by molar-refractivity contribution is 5.84. The predicted octanol–water partition coefficient (Wildman–Crippen LogP) is 9.56. The second-order valence-electron chi connectivity index (χ2n) is 9.30. The lowest BCUT2D eigenvalue weighted by molar-refractivity contribution is 1.27. The third kappa shape index (κ3) is 5.64. The first-order valence-corrected chi connectivity index (χ1v) is 12.5. The summed E-state index contributed by atoms with van der Waals surface area (Å²) in [4.78, 5) is 2.31. The Morgan fingerprint density at radius 1 is 0.528 bits per heavy atom. The summed E-state index contributed by atoms with van der Waals surface area (Å²) in [5.74, 6) is 0. The zero-order chi connectivity index (χ0) is 24.7. The maximum Gasteiger partial charge on any atom is 0.0462 e. The van der Waals surface area contributed by atoms with Crippen molar-refractivity contribution in [1.82, 2.24) is 0 Å². The van der Waals surface area contributed by atoms with Crippen LogP contribution in [0, 0.1) is 13.8 Å². The van der Waals surface area contributed by atoms with Gasteiger partial charge in [0.1, 0.15) is 0 Å². The SMILES string of the molecule is Cc1ccc(N(c2ccc(C)cc2)c2ccc(/C=C(\Cc3ccccc3)c3ccccc3)cc2)cc1. The topological polar surface area (TPSA) is 3.24 Å². The van der Waals surface area contributed by atoms with Crippen molar-refractivity contribution in [2.75, 3.05) is 4.90 Å². The molecule has 0 aromatic heterocycles. The van der Waals surface area contributed by atoms with E-state index in [1.54, 1.807) is 0 Å². The van der Waals surface area contributed by atoms with Gasteiger partial charge in [-0.25, -0.2) is 0 Å². The number of hydrogen-bond acceptors (Lipinski definition) is 1. The molecule has 176 valence electrons. The average Bonchev–Trinajstić information content (AvgIpc) is 2.92. The van der Waals surface area contributed by atoms with E-state index in [0.29, 0.717) is 0 Å². The van der Waals surface area contributed by atoms with Crippen molar-refractivity contribution in [3.8, 4) is 0 Å². The number of nitrogens with zero attached hydrogens (tertiary/aromatic N) is 1. The van der Waals surface area contributed by atoms with Gasteiger partial charge in [-0.3, -0.25) is 0 Å². The van der Waals surface area contributed by atoms with E-state index in [9.17, 15) is 0 Å². The molecule has 0 bridgehead atoms. The summed E-state index contributed by atoms with van der Waals surface area (Å²) < 4.78 is 0. The van der Waals surface area contributed by atoms with E-state index in [4.69, 9.17) is 0 Å². The lowest BCUT2D eigenvalue weighted by Gasteiger charge is -2.26. The van der Waals surface area contributed by atoms with Gasteiger partial charge in [0.05, 0.1) is 0 Å². The van der Waals surface area contributed by atoms with Crippen LogP contribution in [-0.4, -0.2) is 0 Å². The molecule has 0 aliphatic rings. The number of rotatable bonds is 7. The molecule has 1 heteroatoms. The van der Waals surface area contributed by atoms with Gasteiger partial charge in [0.25, 0.3) is 0 Å². The summed E-state index contributed by atoms with van der Waals surface area (Å²) in [6, 6.07) is 47.7. The normalized spacial score (nSPS) is 11.3. The highest BCUT2D eigenvalue weighted by Gasteiger charge is 2.12. The fourth-order valence-corrected chi connectivity index (χ4v) is 4.46. The molecule has 0 N–H and O–H groups in total. The summed E-state index contributed by atoms with van der Waals surface area (Å²) in [5, 5.41) is 0. The molecule has 5 aromatic rings. The van der Waals surface area contributed by atoms with Crippen LogP contribution in [0.25, 0.3) is 11.6 Å². The summed E-state index contributed by atoms with van der Waals surface area (Å²) >= 11 is 0. The second kappa shape index (κ2) is 10.9. The molecule has 5 rings (SSSR count). The molecular weight excluding hydrogens is 434 g/mol. The molecule has 5 aromatic carbocycles. The molecule has 0 atom stereocenters. The molecular formula is C35H31N. The maximum atomic E-state index is 2.31. The summed E-state index contributed by atoms with van der Waals surface area (Å²) in [5.41, 5.74) is 11.0. The van der Waals surface area contributed by atoms with Crippen LogP contribution in [0.2, 0.25) is 0 Å². The summed E-state index contributed by atoms with van der Waals surface area (Å²) in [6.07, 6.45) is 3.21. The Morgan fingerprint density at radius 3 is 1.47 bits per heavy atom. The van der Waals surface area contributed by atoms with E-state index in [0.717, 1.165) is 23.5 Å². The zero-order valence-corrected chi connectivity index (χ0v) is 20.9. The molecule has 36 heavy (non-hydrogen) atoms. The Labute approximate surface area is 215 Å². The minimum absolute atomic E-state index is 0.894. The van der Waals surface area contributed by atoms with Crippen LogP contribution in [0.3, 0.4) is 0 Å². The first-order chi connectivity index (χ1) is 17.7. The molecule has 0 amide bonds. The van der Waals surface area contributed by atoms with Crippen LogP contribution >= 0.6 is 0 Å². The number of anilines is 3. The zero-order valence-electron chi connectivity index (χ0n) is 20.9. The van der Waals surface area contributed by atoms with Crippen LogP contribution in [0.1, 0.15) is 27.8 Å². The fourth-order valence-electron chi connectivity index (χ4n) is 4.46. The smallest absolute Gasteiger partial charge is 0.0462 e. The van der Waals surface area contributed by atoms with Crippen molar-refractivity contribution in [2.24, 2.45) is 0 Å². The van der Waals surface area contributed by atoms with Gasteiger partial charge in [-0.15, -0.1) is 0 Å². The maximum absolute atomic E-state index is 2.31. The van der Waals surface area contributed by atoms with Crippen LogP contribution < -0.4 is 4.90 Å². The summed E-state index contributed by atoms with van der Waals surface area (Å²) in [6.45, 7) is 4.25. The van der Waals surface area contributed by atoms with E-state index >= 15 is 0 Å². The first kappa shape index (κ1) is 23.4. The Kier molecular flexibility index (Phi) is 7.10. The van der Waals surface area contributed by atoms with Gasteiger partial charge in [0.2, 0.25) is 0 Å². The van der Waals surface area contributed by atoms with E-state index in [-0.39, 0.29) is 0 Å². The van der Waals surface area contributed by atoms with Gasteiger partial charge in [0.15, 0.2) is 0 Å². The Morgan fingerprint density at radius 2 is 0.972 bits per heavy atom. The van der Waals surface area contributed by atoms with Crippen molar-refractivity contribution in [2.45, 2.75) is 20.3 Å². The largest absolute Gasteiger partial charge is 0.311 e. The molecule has 0 spiro atoms. The minimum atomic E-state index is 0.894. The van der Waals surface area contributed by atoms with Crippen molar-refractivity contribution in [3.63, 3.8) is 0 Å². The lowest BCUT2D eigenvalue weighted by atomic mass is 9.96. The van der Waals surface area contributed by atoms with Gasteiger partial charge in [-0.2, -0.15) is 0 Å². The predicted molar refractivity (Wildman–Crippen MR) is 155 cm³/mol. The van der Waals surface area contributed by atoms with E-state index in [1.807, 2.05) is 0 Å². The van der Waals surface area contributed by atoms with E-state index in [1.165, 1.54) is 33.4 Å². The molecule has 0 aliphatic heterocycles. The Balaban J connectivity index is 1.50. The molecule has 0 heterocycles. The Hall–Kier alpha value is -4.36. The quantitative estimate of drug-likeness (QED) is 0.216. The summed E-state index contributed by atoms with van der Waals surface area (Å²) in [7, 11) is 0. The number of benzene rings is 5. The third-order valence-electron chi connectivity index (χ3n) is 6.46. The molecule has 1 nitrogen and oxygen atoms in total. The minimum Gasteiger partial charge on any atom is -0.311 e.